The molecule has 0 radical (unpaired) electrons. The predicted molar refractivity (Wildman–Crippen MR) is 59.8 cm³/mol. The maximum Gasteiger partial charge on any atom is 0.258 e. The summed E-state index contributed by atoms with van der Waals surface area (Å²) in [6, 6.07) is 1.93. The second kappa shape index (κ2) is 4.37. The summed E-state index contributed by atoms with van der Waals surface area (Å²) in [6.07, 6.45) is 1.52. The molecule has 1 aliphatic rings. The van der Waals surface area contributed by atoms with E-state index in [1.165, 1.54) is 6.26 Å². The zero-order chi connectivity index (χ0) is 10.8. The molecule has 2 heterocycles. The number of furan rings is 1. The van der Waals surface area contributed by atoms with Crippen molar-refractivity contribution in [2.75, 3.05) is 19.6 Å². The second-order valence-electron chi connectivity index (χ2n) is 3.66. The Morgan fingerprint density at radius 1 is 1.73 bits per heavy atom. The van der Waals surface area contributed by atoms with Crippen LogP contribution in [0.4, 0.5) is 0 Å². The van der Waals surface area contributed by atoms with Crippen molar-refractivity contribution in [1.82, 2.24) is 10.2 Å². The lowest BCUT2D eigenvalue weighted by atomic mass is 10.2. The van der Waals surface area contributed by atoms with Gasteiger partial charge in [-0.1, -0.05) is 0 Å². The van der Waals surface area contributed by atoms with Crippen LogP contribution in [0.15, 0.2) is 21.4 Å². The summed E-state index contributed by atoms with van der Waals surface area (Å²) in [5.74, 6) is 0.0321. The minimum absolute atomic E-state index is 0.0321. The molecule has 0 saturated carbocycles. The fraction of sp³-hybridized carbons (Fsp3) is 0.500. The summed E-state index contributed by atoms with van der Waals surface area (Å²) in [7, 11) is 0. The maximum atomic E-state index is 12.1. The molecule has 1 saturated heterocycles. The lowest BCUT2D eigenvalue weighted by Crippen LogP contribution is -2.52. The second-order valence-corrected chi connectivity index (χ2v) is 4.38. The van der Waals surface area contributed by atoms with Crippen LogP contribution in [-0.4, -0.2) is 36.5 Å². The van der Waals surface area contributed by atoms with E-state index in [0.717, 1.165) is 19.6 Å². The summed E-state index contributed by atoms with van der Waals surface area (Å²) in [4.78, 5) is 14.0. The van der Waals surface area contributed by atoms with Crippen LogP contribution in [0.5, 0.6) is 0 Å². The summed E-state index contributed by atoms with van der Waals surface area (Å²) in [5, 5.41) is 3.25. The fourth-order valence-electron chi connectivity index (χ4n) is 1.74. The molecule has 5 heteroatoms. The van der Waals surface area contributed by atoms with Gasteiger partial charge in [-0.25, -0.2) is 0 Å². The van der Waals surface area contributed by atoms with Crippen LogP contribution in [0.2, 0.25) is 0 Å². The smallest absolute Gasteiger partial charge is 0.258 e. The highest BCUT2D eigenvalue weighted by molar-refractivity contribution is 9.10. The molecule has 1 unspecified atom stereocenters. The average Bonchev–Trinajstić information content (AvgIpc) is 2.64. The average molecular weight is 273 g/mol. The summed E-state index contributed by atoms with van der Waals surface area (Å²) >= 11 is 3.22. The van der Waals surface area contributed by atoms with Crippen LogP contribution in [0.1, 0.15) is 17.3 Å². The van der Waals surface area contributed by atoms with E-state index in [-0.39, 0.29) is 11.9 Å². The molecule has 1 fully saturated rings. The Labute approximate surface area is 96.7 Å². The van der Waals surface area contributed by atoms with E-state index < -0.39 is 0 Å². The van der Waals surface area contributed by atoms with Gasteiger partial charge in [-0.05, 0) is 28.9 Å². The number of carbonyl (C=O) groups excluding carboxylic acids is 1. The van der Waals surface area contributed by atoms with Crippen molar-refractivity contribution in [3.05, 3.63) is 22.6 Å². The summed E-state index contributed by atoms with van der Waals surface area (Å²) in [6.45, 7) is 4.49. The molecule has 0 bridgehead atoms. The zero-order valence-corrected chi connectivity index (χ0v) is 10.1. The van der Waals surface area contributed by atoms with Crippen molar-refractivity contribution in [1.29, 1.82) is 0 Å². The molecule has 1 N–H and O–H groups in total. The highest BCUT2D eigenvalue weighted by Gasteiger charge is 2.26. The van der Waals surface area contributed by atoms with Crippen LogP contribution < -0.4 is 5.32 Å². The van der Waals surface area contributed by atoms with E-state index in [1.54, 1.807) is 6.07 Å². The third-order valence-corrected chi connectivity index (χ3v) is 3.22. The molecule has 1 atom stereocenters. The zero-order valence-electron chi connectivity index (χ0n) is 8.50. The van der Waals surface area contributed by atoms with Crippen molar-refractivity contribution in [2.24, 2.45) is 0 Å². The molecule has 1 aromatic rings. The van der Waals surface area contributed by atoms with Crippen LogP contribution in [0.3, 0.4) is 0 Å². The predicted octanol–water partition coefficient (Wildman–Crippen LogP) is 1.48. The van der Waals surface area contributed by atoms with E-state index in [1.807, 2.05) is 11.8 Å². The van der Waals surface area contributed by atoms with Gasteiger partial charge in [-0.2, -0.15) is 0 Å². The number of amides is 1. The standard InChI is InChI=1S/C10H13BrN2O2/c1-7-6-12-3-4-13(7)10(14)8-2-5-15-9(8)11/h2,5,7,12H,3-4,6H2,1H3. The van der Waals surface area contributed by atoms with E-state index in [9.17, 15) is 4.79 Å². The minimum Gasteiger partial charge on any atom is -0.457 e. The van der Waals surface area contributed by atoms with Crippen molar-refractivity contribution >= 4 is 21.8 Å². The van der Waals surface area contributed by atoms with Gasteiger partial charge in [0.15, 0.2) is 4.67 Å². The number of rotatable bonds is 1. The van der Waals surface area contributed by atoms with Crippen molar-refractivity contribution < 1.29 is 9.21 Å². The third kappa shape index (κ3) is 2.08. The van der Waals surface area contributed by atoms with E-state index in [0.29, 0.717) is 10.2 Å². The van der Waals surface area contributed by atoms with E-state index in [2.05, 4.69) is 21.2 Å². The highest BCUT2D eigenvalue weighted by Crippen LogP contribution is 2.20. The molecule has 1 aromatic heterocycles. The first kappa shape index (κ1) is 10.7. The SMILES string of the molecule is CC1CNCCN1C(=O)c1ccoc1Br. The van der Waals surface area contributed by atoms with Gasteiger partial charge in [-0.3, -0.25) is 4.79 Å². The van der Waals surface area contributed by atoms with Crippen LogP contribution >= 0.6 is 15.9 Å². The number of nitrogens with one attached hydrogen (secondary N) is 1. The first-order chi connectivity index (χ1) is 7.20. The Morgan fingerprint density at radius 2 is 2.53 bits per heavy atom. The number of nitrogens with zero attached hydrogens (tertiary/aromatic N) is 1. The van der Waals surface area contributed by atoms with Gasteiger partial charge in [0, 0.05) is 25.7 Å². The molecule has 15 heavy (non-hydrogen) atoms. The number of carbonyl (C=O) groups is 1. The van der Waals surface area contributed by atoms with Crippen LogP contribution in [0.25, 0.3) is 0 Å². The van der Waals surface area contributed by atoms with Crippen LogP contribution in [0, 0.1) is 0 Å². The molecule has 0 aliphatic carbocycles. The highest BCUT2D eigenvalue weighted by atomic mass is 79.9. The largest absolute Gasteiger partial charge is 0.457 e. The van der Waals surface area contributed by atoms with Crippen molar-refractivity contribution in [2.45, 2.75) is 13.0 Å². The summed E-state index contributed by atoms with van der Waals surface area (Å²) in [5.41, 5.74) is 0.601. The number of hydrogen-bond acceptors (Lipinski definition) is 3. The normalized spacial score (nSPS) is 21.7. The Balaban J connectivity index is 2.17. The molecular formula is C10H13BrN2O2. The number of hydrogen-bond donors (Lipinski definition) is 1. The molecule has 0 spiro atoms. The number of halogens is 1. The molecule has 1 aliphatic heterocycles. The van der Waals surface area contributed by atoms with Gasteiger partial charge in [0.25, 0.3) is 5.91 Å². The van der Waals surface area contributed by atoms with Gasteiger partial charge < -0.3 is 14.6 Å². The quantitative estimate of drug-likeness (QED) is 0.843. The Morgan fingerprint density at radius 3 is 3.13 bits per heavy atom. The Bertz CT molecular complexity index is 364. The van der Waals surface area contributed by atoms with Gasteiger partial charge in [0.1, 0.15) is 0 Å². The van der Waals surface area contributed by atoms with Gasteiger partial charge in [0.05, 0.1) is 11.8 Å². The molecule has 2 rings (SSSR count). The van der Waals surface area contributed by atoms with Gasteiger partial charge in [0.2, 0.25) is 0 Å². The molecule has 1 amide bonds. The van der Waals surface area contributed by atoms with Gasteiger partial charge >= 0.3 is 0 Å². The first-order valence-corrected chi connectivity index (χ1v) is 5.74. The molecule has 0 aromatic carbocycles. The van der Waals surface area contributed by atoms with Gasteiger partial charge in [-0.15, -0.1) is 0 Å². The fourth-order valence-corrected chi connectivity index (χ4v) is 2.15. The van der Waals surface area contributed by atoms with E-state index in [4.69, 9.17) is 4.42 Å². The lowest BCUT2D eigenvalue weighted by molar-refractivity contribution is 0.0653. The van der Waals surface area contributed by atoms with Crippen LogP contribution in [-0.2, 0) is 0 Å². The minimum atomic E-state index is 0.0321. The Kier molecular flexibility index (Phi) is 3.11. The Hall–Kier alpha value is -0.810. The monoisotopic (exact) mass is 272 g/mol. The van der Waals surface area contributed by atoms with Crippen molar-refractivity contribution in [3.8, 4) is 0 Å². The summed E-state index contributed by atoms with van der Waals surface area (Å²) < 4.78 is 5.58. The lowest BCUT2D eigenvalue weighted by Gasteiger charge is -2.33. The topological polar surface area (TPSA) is 45.5 Å². The molecular weight excluding hydrogens is 260 g/mol. The van der Waals surface area contributed by atoms with Crippen molar-refractivity contribution in [3.63, 3.8) is 0 Å². The first-order valence-electron chi connectivity index (χ1n) is 4.95. The maximum absolute atomic E-state index is 12.1. The number of piperazine rings is 1. The molecule has 82 valence electrons. The third-order valence-electron chi connectivity index (χ3n) is 2.61. The van der Waals surface area contributed by atoms with E-state index >= 15 is 0 Å². The molecule has 4 nitrogen and oxygen atoms in total.